The average molecular weight is 547 g/mol. The molecule has 1 rings (SSSR count). The molecule has 14 heteroatoms. The van der Waals surface area contributed by atoms with Crippen molar-refractivity contribution in [2.45, 2.75) is 30.7 Å². The third kappa shape index (κ3) is 17.6. The zero-order chi connectivity index (χ0) is 27.0. The summed E-state index contributed by atoms with van der Waals surface area (Å²) in [5, 5.41) is 38.4. The minimum Gasteiger partial charge on any atom is -0.394 e. The van der Waals surface area contributed by atoms with E-state index in [-0.39, 0.29) is 13.2 Å². The minimum atomic E-state index is -1.47. The van der Waals surface area contributed by atoms with E-state index in [2.05, 4.69) is 0 Å². The molecule has 0 amide bonds. The molecule has 0 aliphatic carbocycles. The molecule has 14 nitrogen and oxygen atoms in total. The highest BCUT2D eigenvalue weighted by atomic mass is 16.7. The number of aliphatic hydroxyl groups is 4. The highest BCUT2D eigenvalue weighted by Gasteiger charge is 2.43. The van der Waals surface area contributed by atoms with Crippen LogP contribution >= 0.6 is 0 Å². The molecule has 1 aliphatic rings. The molecule has 1 aliphatic heterocycles. The fourth-order valence-electron chi connectivity index (χ4n) is 2.99. The van der Waals surface area contributed by atoms with Crippen LogP contribution in [0.2, 0.25) is 0 Å². The lowest BCUT2D eigenvalue weighted by Gasteiger charge is -2.39. The molecule has 1 fully saturated rings. The van der Waals surface area contributed by atoms with Crippen molar-refractivity contribution < 1.29 is 67.8 Å². The van der Waals surface area contributed by atoms with Gasteiger partial charge in [-0.1, -0.05) is 0 Å². The van der Waals surface area contributed by atoms with Gasteiger partial charge in [0.2, 0.25) is 0 Å². The molecule has 0 aromatic rings. The number of methoxy groups -OCH3 is 1. The molecular weight excluding hydrogens is 500 g/mol. The first-order valence-electron chi connectivity index (χ1n) is 12.6. The zero-order valence-corrected chi connectivity index (χ0v) is 21.8. The summed E-state index contributed by atoms with van der Waals surface area (Å²) >= 11 is 0. The molecule has 0 aromatic heterocycles. The van der Waals surface area contributed by atoms with Gasteiger partial charge >= 0.3 is 0 Å². The number of aliphatic hydroxyl groups excluding tert-OH is 4. The maximum atomic E-state index is 9.87. The molecule has 5 atom stereocenters. The van der Waals surface area contributed by atoms with Gasteiger partial charge in [0, 0.05) is 7.11 Å². The first kappa shape index (κ1) is 34.5. The van der Waals surface area contributed by atoms with Crippen LogP contribution in [0, 0.1) is 0 Å². The Morgan fingerprint density at radius 2 is 0.838 bits per heavy atom. The Labute approximate surface area is 218 Å². The van der Waals surface area contributed by atoms with Crippen LogP contribution in [0.4, 0.5) is 0 Å². The lowest BCUT2D eigenvalue weighted by Crippen LogP contribution is -2.59. The van der Waals surface area contributed by atoms with Crippen molar-refractivity contribution in [3.05, 3.63) is 0 Å². The van der Waals surface area contributed by atoms with Crippen LogP contribution in [-0.4, -0.2) is 171 Å². The minimum absolute atomic E-state index is 0.0930. The van der Waals surface area contributed by atoms with Gasteiger partial charge in [0.15, 0.2) is 6.29 Å². The summed E-state index contributed by atoms with van der Waals surface area (Å²) in [5.41, 5.74) is 0. The summed E-state index contributed by atoms with van der Waals surface area (Å²) in [4.78, 5) is 0. The van der Waals surface area contributed by atoms with E-state index >= 15 is 0 Å². The first-order chi connectivity index (χ1) is 18.1. The molecule has 1 saturated heterocycles. The fourth-order valence-corrected chi connectivity index (χ4v) is 2.99. The van der Waals surface area contributed by atoms with Crippen LogP contribution in [0.5, 0.6) is 0 Å². The Balaban J connectivity index is 1.75. The molecule has 0 aromatic carbocycles. The quantitative estimate of drug-likeness (QED) is 0.0843. The van der Waals surface area contributed by atoms with Gasteiger partial charge in [-0.15, -0.1) is 0 Å². The van der Waals surface area contributed by atoms with Crippen molar-refractivity contribution >= 4 is 0 Å². The Hall–Kier alpha value is -0.560. The second-order valence-corrected chi connectivity index (χ2v) is 7.85. The van der Waals surface area contributed by atoms with Gasteiger partial charge in [-0.2, -0.15) is 0 Å². The predicted molar refractivity (Wildman–Crippen MR) is 127 cm³/mol. The summed E-state index contributed by atoms with van der Waals surface area (Å²) < 4.78 is 53.0. The Morgan fingerprint density at radius 1 is 0.486 bits per heavy atom. The summed E-state index contributed by atoms with van der Waals surface area (Å²) in [6.07, 6.45) is -6.46. The first-order valence-corrected chi connectivity index (χ1v) is 12.6. The zero-order valence-electron chi connectivity index (χ0n) is 21.8. The fraction of sp³-hybridized carbons (Fsp3) is 1.00. The van der Waals surface area contributed by atoms with Gasteiger partial charge in [-0.3, -0.25) is 0 Å². The lowest BCUT2D eigenvalue weighted by atomic mass is 9.99. The van der Waals surface area contributed by atoms with Crippen molar-refractivity contribution in [3.8, 4) is 0 Å². The van der Waals surface area contributed by atoms with Gasteiger partial charge in [0.1, 0.15) is 24.4 Å². The van der Waals surface area contributed by atoms with E-state index in [9.17, 15) is 15.3 Å². The Morgan fingerprint density at radius 3 is 1.19 bits per heavy atom. The molecule has 0 bridgehead atoms. The van der Waals surface area contributed by atoms with Gasteiger partial charge < -0.3 is 67.8 Å². The van der Waals surface area contributed by atoms with E-state index in [1.807, 2.05) is 0 Å². The summed E-state index contributed by atoms with van der Waals surface area (Å²) in [6.45, 7) is 6.51. The van der Waals surface area contributed by atoms with Crippen molar-refractivity contribution in [1.29, 1.82) is 0 Å². The van der Waals surface area contributed by atoms with E-state index in [1.54, 1.807) is 7.11 Å². The van der Waals surface area contributed by atoms with E-state index in [4.69, 9.17) is 52.5 Å². The summed E-state index contributed by atoms with van der Waals surface area (Å²) in [7, 11) is 1.63. The normalized spacial score (nSPS) is 24.1. The SMILES string of the molecule is COCCOCCOCCOCCOCCOCCOCCOCCO[C@@H]1O[C@H](CO)[C@@H](O)[C@H](O)[C@H]1O. The predicted octanol–water partition coefficient (Wildman–Crippen LogP) is -2.43. The van der Waals surface area contributed by atoms with Crippen molar-refractivity contribution in [2.24, 2.45) is 0 Å². The number of hydrogen-bond donors (Lipinski definition) is 4. The number of ether oxygens (including phenoxy) is 10. The number of hydrogen-bond acceptors (Lipinski definition) is 14. The smallest absolute Gasteiger partial charge is 0.186 e. The van der Waals surface area contributed by atoms with Gasteiger partial charge in [0.05, 0.1) is 112 Å². The maximum Gasteiger partial charge on any atom is 0.186 e. The van der Waals surface area contributed by atoms with E-state index in [1.165, 1.54) is 0 Å². The molecule has 1 heterocycles. The topological polar surface area (TPSA) is 173 Å². The molecular formula is C23H46O14. The highest BCUT2D eigenvalue weighted by molar-refractivity contribution is 4.88. The standard InChI is InChI=1S/C23H46O14/c1-28-2-3-29-4-5-30-6-7-31-8-9-32-10-11-33-12-13-34-14-15-35-16-17-36-23-22(27)21(26)20(25)19(18-24)37-23/h19-27H,2-18H2,1H3/t19-,20-,21+,22-,23-/m1/s1. The van der Waals surface area contributed by atoms with Crippen LogP contribution in [-0.2, 0) is 47.4 Å². The third-order valence-electron chi connectivity index (χ3n) is 5.02. The van der Waals surface area contributed by atoms with Crippen LogP contribution in [0.3, 0.4) is 0 Å². The summed E-state index contributed by atoms with van der Waals surface area (Å²) in [6, 6.07) is 0. The highest BCUT2D eigenvalue weighted by Crippen LogP contribution is 2.21. The molecule has 4 N–H and O–H groups in total. The maximum absolute atomic E-state index is 9.87. The Bertz CT molecular complexity index is 486. The van der Waals surface area contributed by atoms with Crippen LogP contribution in [0.25, 0.3) is 0 Å². The van der Waals surface area contributed by atoms with E-state index in [0.717, 1.165) is 0 Å². The van der Waals surface area contributed by atoms with Gasteiger partial charge in [0.25, 0.3) is 0 Å². The molecule has 0 saturated carbocycles. The van der Waals surface area contributed by atoms with Crippen molar-refractivity contribution in [2.75, 3.05) is 119 Å². The largest absolute Gasteiger partial charge is 0.394 e. The monoisotopic (exact) mass is 546 g/mol. The molecule has 222 valence electrons. The number of rotatable bonds is 26. The van der Waals surface area contributed by atoms with Gasteiger partial charge in [-0.25, -0.2) is 0 Å². The third-order valence-corrected chi connectivity index (χ3v) is 5.02. The van der Waals surface area contributed by atoms with E-state index < -0.39 is 37.3 Å². The molecule has 37 heavy (non-hydrogen) atoms. The molecule has 0 unspecified atom stereocenters. The average Bonchev–Trinajstić information content (AvgIpc) is 2.91. The lowest BCUT2D eigenvalue weighted by molar-refractivity contribution is -0.302. The molecule has 0 radical (unpaired) electrons. The second kappa shape index (κ2) is 24.5. The Kier molecular flexibility index (Phi) is 22.8. The summed E-state index contributed by atoms with van der Waals surface area (Å²) in [5.74, 6) is 0. The second-order valence-electron chi connectivity index (χ2n) is 7.85. The van der Waals surface area contributed by atoms with Crippen molar-refractivity contribution in [3.63, 3.8) is 0 Å². The van der Waals surface area contributed by atoms with Crippen LogP contribution in [0.15, 0.2) is 0 Å². The van der Waals surface area contributed by atoms with Crippen LogP contribution < -0.4 is 0 Å². The molecule has 0 spiro atoms. The van der Waals surface area contributed by atoms with Gasteiger partial charge in [-0.05, 0) is 0 Å². The van der Waals surface area contributed by atoms with E-state index in [0.29, 0.717) is 92.5 Å². The van der Waals surface area contributed by atoms with Crippen molar-refractivity contribution in [1.82, 2.24) is 0 Å². The van der Waals surface area contributed by atoms with Crippen LogP contribution in [0.1, 0.15) is 0 Å².